The maximum atomic E-state index is 12.6. The van der Waals surface area contributed by atoms with Gasteiger partial charge in [0.2, 0.25) is 5.91 Å². The van der Waals surface area contributed by atoms with Gasteiger partial charge in [0.15, 0.2) is 0 Å². The first kappa shape index (κ1) is 19.0. The number of hydrogen-bond acceptors (Lipinski definition) is 3. The second-order valence-corrected chi connectivity index (χ2v) is 6.18. The third kappa shape index (κ3) is 5.60. The smallest absolute Gasteiger partial charge is 0.312 e. The number of benzene rings is 3. The lowest BCUT2D eigenvalue weighted by atomic mass is 10.1. The van der Waals surface area contributed by atoms with Crippen LogP contribution in [0.2, 0.25) is 0 Å². The molecule has 3 rings (SSSR count). The molecule has 0 radical (unpaired) electrons. The fraction of sp³-hybridized carbons (Fsp3) is 0.0909. The fourth-order valence-corrected chi connectivity index (χ4v) is 2.69. The average Bonchev–Trinajstić information content (AvgIpc) is 2.70. The van der Waals surface area contributed by atoms with Crippen molar-refractivity contribution in [2.24, 2.45) is 5.73 Å². The highest BCUT2D eigenvalue weighted by atomic mass is 16.5. The molecule has 0 saturated carbocycles. The van der Waals surface area contributed by atoms with E-state index in [2.05, 4.69) is 10.6 Å². The molecule has 0 saturated heterocycles. The van der Waals surface area contributed by atoms with E-state index < -0.39 is 12.1 Å². The first-order valence-electron chi connectivity index (χ1n) is 8.84. The molecule has 0 unspecified atom stereocenters. The molecule has 0 spiro atoms. The van der Waals surface area contributed by atoms with E-state index in [1.807, 2.05) is 60.7 Å². The Morgan fingerprint density at radius 3 is 2.00 bits per heavy atom. The second kappa shape index (κ2) is 9.23. The summed E-state index contributed by atoms with van der Waals surface area (Å²) in [5, 5.41) is 5.29. The van der Waals surface area contributed by atoms with Gasteiger partial charge in [0.1, 0.15) is 17.5 Å². The van der Waals surface area contributed by atoms with Gasteiger partial charge in [-0.3, -0.25) is 4.79 Å². The van der Waals surface area contributed by atoms with Crippen LogP contribution in [-0.2, 0) is 11.2 Å². The number of rotatable bonds is 7. The van der Waals surface area contributed by atoms with E-state index in [9.17, 15) is 9.59 Å². The summed E-state index contributed by atoms with van der Waals surface area (Å²) in [7, 11) is 0. The summed E-state index contributed by atoms with van der Waals surface area (Å²) in [6.45, 7) is 0. The Labute approximate surface area is 163 Å². The standard InChI is InChI=1S/C22H21N3O3/c23-22(27)25-20(15-16-7-3-1-4-8-16)21(26)24-17-11-13-19(14-12-17)28-18-9-5-2-6-10-18/h1-14,20H,15H2,(H,24,26)(H3,23,25,27)/t20-/m0/s1. The van der Waals surface area contributed by atoms with Crippen molar-refractivity contribution in [1.82, 2.24) is 5.32 Å². The van der Waals surface area contributed by atoms with Gasteiger partial charge in [-0.25, -0.2) is 4.79 Å². The monoisotopic (exact) mass is 375 g/mol. The Morgan fingerprint density at radius 1 is 0.821 bits per heavy atom. The summed E-state index contributed by atoms with van der Waals surface area (Å²) >= 11 is 0. The summed E-state index contributed by atoms with van der Waals surface area (Å²) < 4.78 is 5.73. The van der Waals surface area contributed by atoms with Crippen LogP contribution in [-0.4, -0.2) is 18.0 Å². The number of carbonyl (C=O) groups is 2. The van der Waals surface area contributed by atoms with E-state index in [0.29, 0.717) is 17.9 Å². The molecule has 3 aromatic carbocycles. The highest BCUT2D eigenvalue weighted by Gasteiger charge is 2.20. The Hall–Kier alpha value is -3.80. The van der Waals surface area contributed by atoms with Crippen LogP contribution < -0.4 is 21.1 Å². The van der Waals surface area contributed by atoms with Gasteiger partial charge in [-0.05, 0) is 42.0 Å². The van der Waals surface area contributed by atoms with Crippen molar-refractivity contribution in [3.05, 3.63) is 90.5 Å². The van der Waals surface area contributed by atoms with Crippen LogP contribution >= 0.6 is 0 Å². The lowest BCUT2D eigenvalue weighted by Crippen LogP contribution is -2.47. The molecule has 0 aromatic heterocycles. The molecular formula is C22H21N3O3. The molecule has 6 nitrogen and oxygen atoms in total. The molecule has 0 heterocycles. The van der Waals surface area contributed by atoms with E-state index in [-0.39, 0.29) is 5.91 Å². The van der Waals surface area contributed by atoms with Crippen LogP contribution in [0.15, 0.2) is 84.9 Å². The predicted molar refractivity (Wildman–Crippen MR) is 108 cm³/mol. The molecule has 0 fully saturated rings. The quantitative estimate of drug-likeness (QED) is 0.588. The van der Waals surface area contributed by atoms with E-state index in [1.165, 1.54) is 0 Å². The van der Waals surface area contributed by atoms with E-state index >= 15 is 0 Å². The molecule has 6 heteroatoms. The van der Waals surface area contributed by atoms with Gasteiger partial charge in [-0.15, -0.1) is 0 Å². The molecule has 0 bridgehead atoms. The van der Waals surface area contributed by atoms with E-state index in [1.54, 1.807) is 24.3 Å². The minimum atomic E-state index is -0.778. The molecular weight excluding hydrogens is 354 g/mol. The first-order chi connectivity index (χ1) is 13.6. The highest BCUT2D eigenvalue weighted by Crippen LogP contribution is 2.22. The van der Waals surface area contributed by atoms with Gasteiger partial charge >= 0.3 is 6.03 Å². The Morgan fingerprint density at radius 2 is 1.39 bits per heavy atom. The van der Waals surface area contributed by atoms with Crippen molar-refractivity contribution < 1.29 is 14.3 Å². The maximum Gasteiger partial charge on any atom is 0.312 e. The third-order valence-electron chi connectivity index (χ3n) is 4.02. The highest BCUT2D eigenvalue weighted by molar-refractivity contribution is 5.97. The molecule has 3 aromatic rings. The number of hydrogen-bond donors (Lipinski definition) is 3. The maximum absolute atomic E-state index is 12.6. The number of primary amides is 1. The Bertz CT molecular complexity index is 913. The van der Waals surface area contributed by atoms with Crippen LogP contribution in [0.3, 0.4) is 0 Å². The van der Waals surface area contributed by atoms with E-state index in [4.69, 9.17) is 10.5 Å². The predicted octanol–water partition coefficient (Wildman–Crippen LogP) is 3.70. The Balaban J connectivity index is 1.64. The van der Waals surface area contributed by atoms with Gasteiger partial charge < -0.3 is 21.1 Å². The number of nitrogens with two attached hydrogens (primary N) is 1. The topological polar surface area (TPSA) is 93.5 Å². The molecule has 0 aliphatic heterocycles. The van der Waals surface area contributed by atoms with Gasteiger partial charge in [0.25, 0.3) is 0 Å². The van der Waals surface area contributed by atoms with Crippen LogP contribution in [0.25, 0.3) is 0 Å². The van der Waals surface area contributed by atoms with Gasteiger partial charge in [-0.1, -0.05) is 48.5 Å². The van der Waals surface area contributed by atoms with Crippen LogP contribution in [0.1, 0.15) is 5.56 Å². The van der Waals surface area contributed by atoms with Crippen LogP contribution in [0.5, 0.6) is 11.5 Å². The Kier molecular flexibility index (Phi) is 6.25. The van der Waals surface area contributed by atoms with Gasteiger partial charge in [0, 0.05) is 12.1 Å². The van der Waals surface area contributed by atoms with Crippen LogP contribution in [0, 0.1) is 0 Å². The zero-order chi connectivity index (χ0) is 19.8. The summed E-state index contributed by atoms with van der Waals surface area (Å²) in [5.41, 5.74) is 6.74. The zero-order valence-corrected chi connectivity index (χ0v) is 15.2. The van der Waals surface area contributed by atoms with Gasteiger partial charge in [-0.2, -0.15) is 0 Å². The fourth-order valence-electron chi connectivity index (χ4n) is 2.69. The number of urea groups is 1. The van der Waals surface area contributed by atoms with Crippen LogP contribution in [0.4, 0.5) is 10.5 Å². The van der Waals surface area contributed by atoms with Crippen molar-refractivity contribution in [2.75, 3.05) is 5.32 Å². The molecule has 4 N–H and O–H groups in total. The third-order valence-corrected chi connectivity index (χ3v) is 4.02. The van der Waals surface area contributed by atoms with Crippen molar-refractivity contribution in [2.45, 2.75) is 12.5 Å². The first-order valence-corrected chi connectivity index (χ1v) is 8.84. The SMILES string of the molecule is NC(=O)N[C@@H](Cc1ccccc1)C(=O)Nc1ccc(Oc2ccccc2)cc1. The number of amides is 3. The number of anilines is 1. The molecule has 3 amide bonds. The summed E-state index contributed by atoms with van der Waals surface area (Å²) in [6, 6.07) is 24.3. The number of nitrogens with one attached hydrogen (secondary N) is 2. The lowest BCUT2D eigenvalue weighted by molar-refractivity contribution is -0.117. The van der Waals surface area contributed by atoms with Crippen molar-refractivity contribution in [3.8, 4) is 11.5 Å². The molecule has 142 valence electrons. The summed E-state index contributed by atoms with van der Waals surface area (Å²) in [5.74, 6) is 1.03. The van der Waals surface area contributed by atoms with Crippen molar-refractivity contribution in [1.29, 1.82) is 0 Å². The minimum Gasteiger partial charge on any atom is -0.457 e. The van der Waals surface area contributed by atoms with Gasteiger partial charge in [0.05, 0.1) is 0 Å². The number of ether oxygens (including phenoxy) is 1. The summed E-state index contributed by atoms with van der Waals surface area (Å²) in [4.78, 5) is 23.9. The molecule has 0 aliphatic carbocycles. The zero-order valence-electron chi connectivity index (χ0n) is 15.2. The molecule has 28 heavy (non-hydrogen) atoms. The second-order valence-electron chi connectivity index (χ2n) is 6.18. The largest absolute Gasteiger partial charge is 0.457 e. The number of carbonyl (C=O) groups excluding carboxylic acids is 2. The van der Waals surface area contributed by atoms with E-state index in [0.717, 1.165) is 11.3 Å². The number of para-hydroxylation sites is 1. The molecule has 0 aliphatic rings. The lowest BCUT2D eigenvalue weighted by Gasteiger charge is -2.17. The average molecular weight is 375 g/mol. The summed E-state index contributed by atoms with van der Waals surface area (Å²) in [6.07, 6.45) is 0.338. The minimum absolute atomic E-state index is 0.338. The molecule has 1 atom stereocenters. The van der Waals surface area contributed by atoms with Crippen molar-refractivity contribution >= 4 is 17.6 Å². The normalized spacial score (nSPS) is 11.3. The van der Waals surface area contributed by atoms with Crippen molar-refractivity contribution in [3.63, 3.8) is 0 Å².